The molecule has 162 valence electrons. The number of pyridine rings is 1. The highest BCUT2D eigenvalue weighted by Gasteiger charge is 2.30. The van der Waals surface area contributed by atoms with Crippen LogP contribution in [0.15, 0.2) is 67.0 Å². The second kappa shape index (κ2) is 8.35. The number of urea groups is 1. The van der Waals surface area contributed by atoms with Crippen LogP contribution in [0.5, 0.6) is 0 Å². The lowest BCUT2D eigenvalue weighted by molar-refractivity contribution is -0.137. The van der Waals surface area contributed by atoms with Gasteiger partial charge in [-0.05, 0) is 36.4 Å². The molecule has 0 fully saturated rings. The number of nitrogens with zero attached hydrogens (tertiary/aromatic N) is 1. The van der Waals surface area contributed by atoms with E-state index in [-0.39, 0.29) is 17.2 Å². The number of ketones is 1. The van der Waals surface area contributed by atoms with Crippen LogP contribution in [-0.2, 0) is 6.18 Å². The molecule has 0 radical (unpaired) electrons. The van der Waals surface area contributed by atoms with Crippen LogP contribution >= 0.6 is 11.6 Å². The predicted octanol–water partition coefficient (Wildman–Crippen LogP) is 6.11. The standard InChI is InChI=1S/C22H14ClF3N4O2/c23-14-9-17-18(11-28-20(17)27-10-14)19(31)12-3-1-5-15(7-12)29-21(32)30-16-6-2-4-13(8-16)22(24,25)26/h1-11H,(H,27,28)(H2,29,30,32). The van der Waals surface area contributed by atoms with E-state index in [9.17, 15) is 22.8 Å². The van der Waals surface area contributed by atoms with Crippen molar-refractivity contribution in [2.45, 2.75) is 6.18 Å². The zero-order chi connectivity index (χ0) is 22.9. The van der Waals surface area contributed by atoms with E-state index >= 15 is 0 Å². The lowest BCUT2D eigenvalue weighted by atomic mass is 10.0. The zero-order valence-corrected chi connectivity index (χ0v) is 16.9. The maximum atomic E-state index is 13.0. The van der Waals surface area contributed by atoms with E-state index in [1.54, 1.807) is 24.3 Å². The molecule has 2 aromatic carbocycles. The summed E-state index contributed by atoms with van der Waals surface area (Å²) in [6.45, 7) is 0. The van der Waals surface area contributed by atoms with Gasteiger partial charge in [0, 0.05) is 40.3 Å². The summed E-state index contributed by atoms with van der Waals surface area (Å²) in [5.41, 5.74) is 0.552. The Balaban J connectivity index is 1.51. The average Bonchev–Trinajstić information content (AvgIpc) is 3.16. The van der Waals surface area contributed by atoms with E-state index in [0.717, 1.165) is 12.1 Å². The number of fused-ring (bicyclic) bond motifs is 1. The van der Waals surface area contributed by atoms with Gasteiger partial charge in [-0.2, -0.15) is 13.2 Å². The number of aromatic amines is 1. The highest BCUT2D eigenvalue weighted by atomic mass is 35.5. The maximum absolute atomic E-state index is 13.0. The van der Waals surface area contributed by atoms with Crippen molar-refractivity contribution in [1.82, 2.24) is 9.97 Å². The van der Waals surface area contributed by atoms with E-state index in [4.69, 9.17) is 11.6 Å². The molecule has 10 heteroatoms. The second-order valence-corrected chi connectivity index (χ2v) is 7.26. The van der Waals surface area contributed by atoms with Crippen LogP contribution in [0.2, 0.25) is 5.02 Å². The second-order valence-electron chi connectivity index (χ2n) is 6.82. The number of nitrogens with one attached hydrogen (secondary N) is 3. The monoisotopic (exact) mass is 458 g/mol. The Morgan fingerprint density at radius 3 is 2.38 bits per heavy atom. The van der Waals surface area contributed by atoms with Crippen molar-refractivity contribution in [3.05, 3.63) is 88.7 Å². The number of benzene rings is 2. The van der Waals surface area contributed by atoms with Gasteiger partial charge in [0.2, 0.25) is 0 Å². The minimum Gasteiger partial charge on any atom is -0.345 e. The first-order valence-electron chi connectivity index (χ1n) is 9.23. The van der Waals surface area contributed by atoms with Gasteiger partial charge in [-0.3, -0.25) is 4.79 Å². The van der Waals surface area contributed by atoms with Crippen LogP contribution in [0.4, 0.5) is 29.3 Å². The summed E-state index contributed by atoms with van der Waals surface area (Å²) in [6, 6.07) is 11.3. The van der Waals surface area contributed by atoms with Crippen LogP contribution in [0.1, 0.15) is 21.5 Å². The van der Waals surface area contributed by atoms with Gasteiger partial charge in [0.25, 0.3) is 0 Å². The molecule has 2 amide bonds. The third kappa shape index (κ3) is 4.57. The number of hydrogen-bond acceptors (Lipinski definition) is 3. The Hall–Kier alpha value is -3.85. The van der Waals surface area contributed by atoms with Crippen molar-refractivity contribution >= 4 is 45.8 Å². The van der Waals surface area contributed by atoms with Crippen LogP contribution in [0.25, 0.3) is 11.0 Å². The smallest absolute Gasteiger partial charge is 0.345 e. The topological polar surface area (TPSA) is 86.9 Å². The quantitative estimate of drug-likeness (QED) is 0.322. The molecule has 0 saturated carbocycles. The number of anilines is 2. The van der Waals surface area contributed by atoms with Gasteiger partial charge in [0.15, 0.2) is 5.78 Å². The number of rotatable bonds is 4. The van der Waals surface area contributed by atoms with Crippen molar-refractivity contribution in [2.75, 3.05) is 10.6 Å². The summed E-state index contributed by atoms with van der Waals surface area (Å²) < 4.78 is 38.5. The average molecular weight is 459 g/mol. The molecule has 0 aliphatic rings. The third-order valence-electron chi connectivity index (χ3n) is 4.57. The highest BCUT2D eigenvalue weighted by molar-refractivity contribution is 6.31. The Bertz CT molecular complexity index is 1330. The highest BCUT2D eigenvalue weighted by Crippen LogP contribution is 2.30. The van der Waals surface area contributed by atoms with Crippen LogP contribution in [0, 0.1) is 0 Å². The molecule has 0 spiro atoms. The van der Waals surface area contributed by atoms with Crippen LogP contribution in [-0.4, -0.2) is 21.8 Å². The van der Waals surface area contributed by atoms with E-state index < -0.39 is 17.8 Å². The van der Waals surface area contributed by atoms with Crippen LogP contribution < -0.4 is 10.6 Å². The first kappa shape index (κ1) is 21.4. The van der Waals surface area contributed by atoms with Gasteiger partial charge in [0.1, 0.15) is 5.65 Å². The van der Waals surface area contributed by atoms with E-state index in [1.165, 1.54) is 30.6 Å². The minimum atomic E-state index is -4.52. The third-order valence-corrected chi connectivity index (χ3v) is 4.78. The zero-order valence-electron chi connectivity index (χ0n) is 16.1. The number of H-pyrrole nitrogens is 1. The number of hydrogen-bond donors (Lipinski definition) is 3. The number of halogens is 4. The van der Waals surface area contributed by atoms with Crippen LogP contribution in [0.3, 0.4) is 0 Å². The molecule has 0 bridgehead atoms. The fraction of sp³-hybridized carbons (Fsp3) is 0.0455. The summed E-state index contributed by atoms with van der Waals surface area (Å²) in [6.07, 6.45) is -1.54. The maximum Gasteiger partial charge on any atom is 0.416 e. The van der Waals surface area contributed by atoms with Gasteiger partial charge >= 0.3 is 12.2 Å². The first-order chi connectivity index (χ1) is 15.2. The molecule has 4 aromatic rings. The molecule has 2 aromatic heterocycles. The molecule has 0 saturated heterocycles. The number of amides is 2. The number of carbonyl (C=O) groups is 2. The summed E-state index contributed by atoms with van der Waals surface area (Å²) in [4.78, 5) is 32.2. The van der Waals surface area contributed by atoms with Gasteiger partial charge in [0.05, 0.1) is 10.6 Å². The van der Waals surface area contributed by atoms with Crippen molar-refractivity contribution in [1.29, 1.82) is 0 Å². The molecule has 6 nitrogen and oxygen atoms in total. The number of alkyl halides is 3. The Labute approximate surface area is 184 Å². The van der Waals surface area contributed by atoms with Crippen molar-refractivity contribution in [3.8, 4) is 0 Å². The molecule has 3 N–H and O–H groups in total. The molecular formula is C22H14ClF3N4O2. The minimum absolute atomic E-state index is 0.0206. The largest absolute Gasteiger partial charge is 0.416 e. The fourth-order valence-corrected chi connectivity index (χ4v) is 3.28. The normalized spacial score (nSPS) is 11.4. The predicted molar refractivity (Wildman–Crippen MR) is 115 cm³/mol. The van der Waals surface area contributed by atoms with Gasteiger partial charge in [-0.15, -0.1) is 0 Å². The molecule has 4 rings (SSSR count). The summed E-state index contributed by atoms with van der Waals surface area (Å²) in [5.74, 6) is -0.317. The SMILES string of the molecule is O=C(Nc1cccc(C(=O)c2c[nH]c3ncc(Cl)cc23)c1)Nc1cccc(C(F)(F)F)c1. The Morgan fingerprint density at radius 1 is 0.969 bits per heavy atom. The lowest BCUT2D eigenvalue weighted by Crippen LogP contribution is -2.20. The number of carbonyl (C=O) groups excluding carboxylic acids is 2. The van der Waals surface area contributed by atoms with Crippen molar-refractivity contribution in [3.63, 3.8) is 0 Å². The van der Waals surface area contributed by atoms with Crippen molar-refractivity contribution < 1.29 is 22.8 Å². The van der Waals surface area contributed by atoms with Gasteiger partial charge in [-0.1, -0.05) is 29.8 Å². The summed E-state index contributed by atoms with van der Waals surface area (Å²) >= 11 is 5.98. The van der Waals surface area contributed by atoms with E-state index in [1.807, 2.05) is 0 Å². The molecule has 0 aliphatic carbocycles. The molecular weight excluding hydrogens is 445 g/mol. The lowest BCUT2D eigenvalue weighted by Gasteiger charge is -2.11. The molecule has 0 atom stereocenters. The Kier molecular flexibility index (Phi) is 5.58. The molecule has 0 aliphatic heterocycles. The fourth-order valence-electron chi connectivity index (χ4n) is 3.13. The summed E-state index contributed by atoms with van der Waals surface area (Å²) in [7, 11) is 0. The van der Waals surface area contributed by atoms with E-state index in [0.29, 0.717) is 27.2 Å². The van der Waals surface area contributed by atoms with E-state index in [2.05, 4.69) is 20.6 Å². The first-order valence-corrected chi connectivity index (χ1v) is 9.61. The molecule has 32 heavy (non-hydrogen) atoms. The number of aromatic nitrogens is 2. The van der Waals surface area contributed by atoms with Crippen molar-refractivity contribution in [2.24, 2.45) is 0 Å². The molecule has 0 unspecified atom stereocenters. The summed E-state index contributed by atoms with van der Waals surface area (Å²) in [5, 5.41) is 5.80. The van der Waals surface area contributed by atoms with Gasteiger partial charge < -0.3 is 15.6 Å². The Morgan fingerprint density at radius 2 is 1.66 bits per heavy atom. The van der Waals surface area contributed by atoms with Gasteiger partial charge in [-0.25, -0.2) is 9.78 Å². The molecule has 2 heterocycles.